The highest BCUT2D eigenvalue weighted by molar-refractivity contribution is 8.14. The Bertz CT molecular complexity index is 652. The molecule has 1 N–H and O–H groups in total. The van der Waals surface area contributed by atoms with Gasteiger partial charge in [0.15, 0.2) is 5.12 Å². The third-order valence-electron chi connectivity index (χ3n) is 3.98. The molecule has 0 saturated carbocycles. The van der Waals surface area contributed by atoms with Gasteiger partial charge in [0.25, 0.3) is 0 Å². The van der Waals surface area contributed by atoms with Crippen molar-refractivity contribution < 1.29 is 19.4 Å². The van der Waals surface area contributed by atoms with E-state index in [0.717, 1.165) is 0 Å². The van der Waals surface area contributed by atoms with Crippen LogP contribution in [0.15, 0.2) is 18.2 Å². The highest BCUT2D eigenvalue weighted by Crippen LogP contribution is 2.43. The summed E-state index contributed by atoms with van der Waals surface area (Å²) in [5.41, 5.74) is 0.344. The van der Waals surface area contributed by atoms with E-state index >= 15 is 0 Å². The predicted octanol–water partition coefficient (Wildman–Crippen LogP) is 2.18. The monoisotopic (exact) mass is 319 g/mol. The average Bonchev–Trinajstić information content (AvgIpc) is 2.88. The number of thioether (sulfide) groups is 1. The zero-order chi connectivity index (χ0) is 15.9. The van der Waals surface area contributed by atoms with Crippen LogP contribution in [0.1, 0.15) is 37.5 Å². The van der Waals surface area contributed by atoms with Crippen molar-refractivity contribution in [2.24, 2.45) is 0 Å². The van der Waals surface area contributed by atoms with E-state index in [1.807, 2.05) is 0 Å². The minimum absolute atomic E-state index is 0.108. The first-order valence-electron chi connectivity index (χ1n) is 7.13. The third-order valence-corrected chi connectivity index (χ3v) is 5.01. The number of aliphatic hydroxyl groups excluding tert-OH is 1. The number of rotatable bonds is 2. The van der Waals surface area contributed by atoms with Crippen LogP contribution in [0, 0.1) is 11.3 Å². The maximum absolute atomic E-state index is 11.4. The zero-order valence-electron chi connectivity index (χ0n) is 12.4. The molecular weight excluding hydrogens is 302 g/mol. The summed E-state index contributed by atoms with van der Waals surface area (Å²) in [7, 11) is 0. The molecule has 1 saturated heterocycles. The van der Waals surface area contributed by atoms with Gasteiger partial charge in [0.1, 0.15) is 23.6 Å². The van der Waals surface area contributed by atoms with Gasteiger partial charge in [-0.2, -0.15) is 5.26 Å². The van der Waals surface area contributed by atoms with Crippen LogP contribution in [0.5, 0.6) is 5.75 Å². The first-order valence-corrected chi connectivity index (χ1v) is 8.11. The maximum atomic E-state index is 11.4. The molecule has 1 unspecified atom stereocenters. The molecule has 1 aromatic carbocycles. The molecule has 1 aromatic rings. The van der Waals surface area contributed by atoms with Gasteiger partial charge in [-0.05, 0) is 32.0 Å². The lowest BCUT2D eigenvalue weighted by Gasteiger charge is -2.42. The lowest BCUT2D eigenvalue weighted by atomic mass is 9.87. The van der Waals surface area contributed by atoms with Crippen LogP contribution in [0.25, 0.3) is 0 Å². The summed E-state index contributed by atoms with van der Waals surface area (Å²) in [5, 5.41) is 19.8. The Morgan fingerprint density at radius 2 is 2.27 bits per heavy atom. The molecule has 2 aliphatic rings. The number of carbonyl (C=O) groups is 1. The fraction of sp³-hybridized carbons (Fsp3) is 0.500. The molecule has 0 amide bonds. The summed E-state index contributed by atoms with van der Waals surface area (Å²) in [6.07, 6.45) is -1.36. The molecule has 3 atom stereocenters. The van der Waals surface area contributed by atoms with Crippen molar-refractivity contribution in [2.45, 2.75) is 44.2 Å². The van der Waals surface area contributed by atoms with Gasteiger partial charge < -0.3 is 14.6 Å². The van der Waals surface area contributed by atoms with Crippen LogP contribution in [-0.4, -0.2) is 33.8 Å². The average molecular weight is 319 g/mol. The standard InChI is InChI=1S/C16H17NO4S/c1-16(2)15(19)14(20-10-6-13(18)22-8-10)11-5-9(7-17)3-4-12(11)21-16/h3-5,10,14-15,19H,6,8H2,1-2H3/t10?,14-,15+/m0/s1. The minimum Gasteiger partial charge on any atom is -0.485 e. The Labute approximate surface area is 133 Å². The Morgan fingerprint density at radius 1 is 1.50 bits per heavy atom. The van der Waals surface area contributed by atoms with Crippen LogP contribution in [-0.2, 0) is 9.53 Å². The number of hydrogen-bond donors (Lipinski definition) is 1. The number of nitriles is 1. The SMILES string of the molecule is CC1(C)Oc2ccc(C#N)cc2[C@H](OC2CSC(=O)C2)[C@H]1O. The lowest BCUT2D eigenvalue weighted by molar-refractivity contribution is -0.151. The second kappa shape index (κ2) is 5.58. The Kier molecular flexibility index (Phi) is 3.89. The summed E-state index contributed by atoms with van der Waals surface area (Å²) < 4.78 is 11.9. The van der Waals surface area contributed by atoms with E-state index < -0.39 is 17.8 Å². The molecule has 0 spiro atoms. The molecule has 2 heterocycles. The largest absolute Gasteiger partial charge is 0.485 e. The molecule has 2 aliphatic heterocycles. The van der Waals surface area contributed by atoms with Gasteiger partial charge in [0.05, 0.1) is 17.7 Å². The maximum Gasteiger partial charge on any atom is 0.191 e. The first kappa shape index (κ1) is 15.3. The predicted molar refractivity (Wildman–Crippen MR) is 81.6 cm³/mol. The summed E-state index contributed by atoms with van der Waals surface area (Å²) in [6, 6.07) is 7.17. The van der Waals surface area contributed by atoms with Gasteiger partial charge >= 0.3 is 0 Å². The molecule has 0 bridgehead atoms. The van der Waals surface area contributed by atoms with Crippen molar-refractivity contribution >= 4 is 16.9 Å². The van der Waals surface area contributed by atoms with Crippen molar-refractivity contribution in [3.05, 3.63) is 29.3 Å². The van der Waals surface area contributed by atoms with Crippen LogP contribution in [0.3, 0.4) is 0 Å². The Hall–Kier alpha value is -1.55. The van der Waals surface area contributed by atoms with E-state index in [1.165, 1.54) is 11.8 Å². The van der Waals surface area contributed by atoms with E-state index in [1.54, 1.807) is 32.0 Å². The van der Waals surface area contributed by atoms with E-state index in [4.69, 9.17) is 14.7 Å². The third kappa shape index (κ3) is 2.72. The van der Waals surface area contributed by atoms with Crippen molar-refractivity contribution in [3.63, 3.8) is 0 Å². The Morgan fingerprint density at radius 3 is 2.91 bits per heavy atom. The van der Waals surface area contributed by atoms with E-state index in [-0.39, 0.29) is 11.2 Å². The van der Waals surface area contributed by atoms with E-state index in [0.29, 0.717) is 29.1 Å². The quantitative estimate of drug-likeness (QED) is 0.900. The fourth-order valence-electron chi connectivity index (χ4n) is 2.74. The van der Waals surface area contributed by atoms with Gasteiger partial charge in [0.2, 0.25) is 0 Å². The highest BCUT2D eigenvalue weighted by Gasteiger charge is 2.45. The molecule has 6 heteroatoms. The van der Waals surface area contributed by atoms with Gasteiger partial charge in [-0.25, -0.2) is 0 Å². The van der Waals surface area contributed by atoms with Crippen LogP contribution in [0.2, 0.25) is 0 Å². The van der Waals surface area contributed by atoms with Crippen LogP contribution >= 0.6 is 11.8 Å². The molecule has 22 heavy (non-hydrogen) atoms. The summed E-state index contributed by atoms with van der Waals surface area (Å²) >= 11 is 1.25. The molecular formula is C16H17NO4S. The number of nitrogens with zero attached hydrogens (tertiary/aromatic N) is 1. The van der Waals surface area contributed by atoms with Crippen LogP contribution < -0.4 is 4.74 Å². The number of ether oxygens (including phenoxy) is 2. The number of aliphatic hydroxyl groups is 1. The van der Waals surface area contributed by atoms with Gasteiger partial charge in [-0.3, -0.25) is 4.79 Å². The summed E-state index contributed by atoms with van der Waals surface area (Å²) in [6.45, 7) is 3.59. The van der Waals surface area contributed by atoms with Gasteiger partial charge in [-0.1, -0.05) is 11.8 Å². The van der Waals surface area contributed by atoms with Crippen LogP contribution in [0.4, 0.5) is 0 Å². The molecule has 3 rings (SSSR count). The minimum atomic E-state index is -0.880. The molecule has 0 aromatic heterocycles. The second-order valence-corrected chi connectivity index (χ2v) is 7.16. The van der Waals surface area contributed by atoms with Gasteiger partial charge in [-0.15, -0.1) is 0 Å². The molecule has 1 fully saturated rings. The van der Waals surface area contributed by atoms with Crippen molar-refractivity contribution in [1.29, 1.82) is 5.26 Å². The molecule has 116 valence electrons. The number of carbonyl (C=O) groups excluding carboxylic acids is 1. The van der Waals surface area contributed by atoms with Crippen molar-refractivity contribution in [3.8, 4) is 11.8 Å². The number of benzene rings is 1. The Balaban J connectivity index is 1.96. The first-order chi connectivity index (χ1) is 10.4. The van der Waals surface area contributed by atoms with Crippen molar-refractivity contribution in [2.75, 3.05) is 5.75 Å². The molecule has 0 radical (unpaired) electrons. The number of fused-ring (bicyclic) bond motifs is 1. The smallest absolute Gasteiger partial charge is 0.191 e. The number of hydrogen-bond acceptors (Lipinski definition) is 6. The normalized spacial score (nSPS) is 29.5. The lowest BCUT2D eigenvalue weighted by Crippen LogP contribution is -2.50. The van der Waals surface area contributed by atoms with Gasteiger partial charge in [0, 0.05) is 17.7 Å². The summed E-state index contributed by atoms with van der Waals surface area (Å²) in [5.74, 6) is 1.20. The zero-order valence-corrected chi connectivity index (χ0v) is 13.2. The highest BCUT2D eigenvalue weighted by atomic mass is 32.2. The van der Waals surface area contributed by atoms with E-state index in [9.17, 15) is 9.90 Å². The summed E-state index contributed by atoms with van der Waals surface area (Å²) in [4.78, 5) is 11.4. The fourth-order valence-corrected chi connectivity index (χ4v) is 3.62. The van der Waals surface area contributed by atoms with E-state index in [2.05, 4.69) is 6.07 Å². The van der Waals surface area contributed by atoms with Crippen molar-refractivity contribution in [1.82, 2.24) is 0 Å². The second-order valence-electron chi connectivity index (χ2n) is 6.08. The topological polar surface area (TPSA) is 79.5 Å². The molecule has 0 aliphatic carbocycles. The molecule has 5 nitrogen and oxygen atoms in total.